The molecule has 0 bridgehead atoms. The van der Waals surface area contributed by atoms with Crippen LogP contribution in [0.2, 0.25) is 0 Å². The van der Waals surface area contributed by atoms with E-state index in [0.29, 0.717) is 5.52 Å². The molecule has 0 aliphatic heterocycles. The Kier molecular flexibility index (Phi) is 6.87. The number of hydrogen-bond donors (Lipinski definition) is 0. The third-order valence-corrected chi connectivity index (χ3v) is 2.05. The zero-order valence-electron chi connectivity index (χ0n) is 11.6. The minimum absolute atomic E-state index is 0.0440. The number of aryl methyl sites for hydroxylation is 2. The Balaban J connectivity index is 0.000000581. The third-order valence-electron chi connectivity index (χ3n) is 2.05. The zero-order valence-corrected chi connectivity index (χ0v) is 11.6. The lowest BCUT2D eigenvalue weighted by molar-refractivity contribution is 0.869. The molecule has 0 fully saturated rings. The van der Waals surface area contributed by atoms with E-state index in [-0.39, 0.29) is 5.56 Å². The van der Waals surface area contributed by atoms with Crippen molar-refractivity contribution in [2.24, 2.45) is 7.05 Å². The Bertz CT molecular complexity index is 515. The first kappa shape index (κ1) is 15.4. The van der Waals surface area contributed by atoms with E-state index >= 15 is 0 Å². The van der Waals surface area contributed by atoms with Crippen molar-refractivity contribution in [3.63, 3.8) is 0 Å². The van der Waals surface area contributed by atoms with Gasteiger partial charge in [0.2, 0.25) is 0 Å². The van der Waals surface area contributed by atoms with Crippen molar-refractivity contribution < 1.29 is 0 Å². The molecule has 3 heteroatoms. The van der Waals surface area contributed by atoms with Crippen molar-refractivity contribution in [1.29, 1.82) is 0 Å². The molecule has 17 heavy (non-hydrogen) atoms. The molecule has 2 aromatic heterocycles. The van der Waals surface area contributed by atoms with E-state index in [4.69, 9.17) is 0 Å². The van der Waals surface area contributed by atoms with Crippen LogP contribution in [0.25, 0.3) is 10.9 Å². The molecule has 0 saturated heterocycles. The highest BCUT2D eigenvalue weighted by molar-refractivity contribution is 5.77. The summed E-state index contributed by atoms with van der Waals surface area (Å²) in [6.07, 6.45) is 3.47. The summed E-state index contributed by atoms with van der Waals surface area (Å²) in [5.74, 6) is 0. The summed E-state index contributed by atoms with van der Waals surface area (Å²) in [5.41, 5.74) is 1.56. The SMILES string of the molecule is CC.CC.Cc1cnc2c(=O)n(C)ccc2c1. The van der Waals surface area contributed by atoms with Crippen LogP contribution in [0.4, 0.5) is 0 Å². The lowest BCUT2D eigenvalue weighted by atomic mass is 10.2. The largest absolute Gasteiger partial charge is 0.317 e. The second-order valence-electron chi connectivity index (χ2n) is 3.18. The standard InChI is InChI=1S/C10H10N2O.2C2H6/c1-7-5-8-3-4-12(2)10(13)9(8)11-6-7;2*1-2/h3-6H,1-2H3;2*1-2H3. The maximum Gasteiger partial charge on any atom is 0.276 e. The van der Waals surface area contributed by atoms with Gasteiger partial charge < -0.3 is 4.57 Å². The fourth-order valence-electron chi connectivity index (χ4n) is 1.32. The molecule has 2 heterocycles. The number of pyridine rings is 2. The van der Waals surface area contributed by atoms with E-state index in [1.807, 2.05) is 46.8 Å². The van der Waals surface area contributed by atoms with Gasteiger partial charge in [-0.05, 0) is 24.6 Å². The Morgan fingerprint density at radius 3 is 2.35 bits per heavy atom. The van der Waals surface area contributed by atoms with E-state index in [1.54, 1.807) is 19.4 Å². The molecule has 0 unspecified atom stereocenters. The van der Waals surface area contributed by atoms with Gasteiger partial charge in [-0.2, -0.15) is 0 Å². The normalized spacial score (nSPS) is 8.82. The minimum Gasteiger partial charge on any atom is -0.317 e. The fourth-order valence-corrected chi connectivity index (χ4v) is 1.32. The molecular weight excluding hydrogens is 212 g/mol. The molecule has 3 nitrogen and oxygen atoms in total. The quantitative estimate of drug-likeness (QED) is 0.701. The molecule has 0 spiro atoms. The van der Waals surface area contributed by atoms with Gasteiger partial charge in [0, 0.05) is 24.8 Å². The average molecular weight is 234 g/mol. The van der Waals surface area contributed by atoms with Gasteiger partial charge in [-0.1, -0.05) is 27.7 Å². The van der Waals surface area contributed by atoms with E-state index in [1.165, 1.54) is 4.57 Å². The van der Waals surface area contributed by atoms with Gasteiger partial charge >= 0.3 is 0 Å². The molecule has 0 radical (unpaired) electrons. The van der Waals surface area contributed by atoms with Crippen LogP contribution in [0.15, 0.2) is 29.3 Å². The Labute approximate surface area is 103 Å². The van der Waals surface area contributed by atoms with Crippen molar-refractivity contribution in [3.05, 3.63) is 40.4 Å². The van der Waals surface area contributed by atoms with Crippen molar-refractivity contribution in [2.75, 3.05) is 0 Å². The monoisotopic (exact) mass is 234 g/mol. The van der Waals surface area contributed by atoms with Crippen LogP contribution in [0.1, 0.15) is 33.3 Å². The molecule has 0 amide bonds. The highest BCUT2D eigenvalue weighted by Gasteiger charge is 2.00. The molecule has 0 aliphatic rings. The van der Waals surface area contributed by atoms with Crippen LogP contribution >= 0.6 is 0 Å². The maximum atomic E-state index is 11.5. The van der Waals surface area contributed by atoms with Crippen LogP contribution < -0.4 is 5.56 Å². The smallest absolute Gasteiger partial charge is 0.276 e. The predicted octanol–water partition coefficient (Wildman–Crippen LogP) is 3.29. The summed E-state index contributed by atoms with van der Waals surface area (Å²) >= 11 is 0. The number of nitrogens with zero attached hydrogens (tertiary/aromatic N) is 2. The summed E-state index contributed by atoms with van der Waals surface area (Å²) in [6.45, 7) is 9.96. The van der Waals surface area contributed by atoms with Crippen LogP contribution in [-0.2, 0) is 7.05 Å². The van der Waals surface area contributed by atoms with Gasteiger partial charge in [-0.25, -0.2) is 0 Å². The topological polar surface area (TPSA) is 34.9 Å². The van der Waals surface area contributed by atoms with Crippen molar-refractivity contribution in [1.82, 2.24) is 9.55 Å². The highest BCUT2D eigenvalue weighted by Crippen LogP contribution is 2.07. The van der Waals surface area contributed by atoms with Crippen LogP contribution in [0, 0.1) is 6.92 Å². The highest BCUT2D eigenvalue weighted by atomic mass is 16.1. The Hall–Kier alpha value is -1.64. The van der Waals surface area contributed by atoms with E-state index < -0.39 is 0 Å². The molecule has 2 aromatic rings. The summed E-state index contributed by atoms with van der Waals surface area (Å²) in [4.78, 5) is 15.6. The summed E-state index contributed by atoms with van der Waals surface area (Å²) in [6, 6.07) is 3.86. The van der Waals surface area contributed by atoms with E-state index in [9.17, 15) is 4.79 Å². The first-order chi connectivity index (χ1) is 8.18. The number of fused-ring (bicyclic) bond motifs is 1. The molecule has 94 valence electrons. The molecule has 0 aromatic carbocycles. The van der Waals surface area contributed by atoms with E-state index in [2.05, 4.69) is 4.98 Å². The van der Waals surface area contributed by atoms with Crippen molar-refractivity contribution >= 4 is 10.9 Å². The molecule has 0 atom stereocenters. The number of rotatable bonds is 0. The van der Waals surface area contributed by atoms with Gasteiger partial charge in [0.1, 0.15) is 5.52 Å². The fraction of sp³-hybridized carbons (Fsp3) is 0.429. The summed E-state index contributed by atoms with van der Waals surface area (Å²) in [7, 11) is 1.73. The van der Waals surface area contributed by atoms with Crippen LogP contribution in [0.3, 0.4) is 0 Å². The average Bonchev–Trinajstić information content (AvgIpc) is 2.39. The summed E-state index contributed by atoms with van der Waals surface area (Å²) in [5, 5.41) is 0.906. The Morgan fingerprint density at radius 1 is 1.18 bits per heavy atom. The first-order valence-corrected chi connectivity index (χ1v) is 6.10. The second kappa shape index (κ2) is 7.60. The molecule has 0 N–H and O–H groups in total. The van der Waals surface area contributed by atoms with E-state index in [0.717, 1.165) is 10.9 Å². The Morgan fingerprint density at radius 2 is 1.76 bits per heavy atom. The summed E-state index contributed by atoms with van der Waals surface area (Å²) < 4.78 is 1.53. The molecule has 0 saturated carbocycles. The molecule has 0 aliphatic carbocycles. The zero-order chi connectivity index (χ0) is 13.4. The van der Waals surface area contributed by atoms with Gasteiger partial charge in [0.05, 0.1) is 0 Å². The predicted molar refractivity (Wildman–Crippen MR) is 74.4 cm³/mol. The lowest BCUT2D eigenvalue weighted by Crippen LogP contribution is -2.16. The second-order valence-corrected chi connectivity index (χ2v) is 3.18. The first-order valence-electron chi connectivity index (χ1n) is 6.10. The number of hydrogen-bond acceptors (Lipinski definition) is 2. The molecular formula is C14H22N2O. The van der Waals surface area contributed by atoms with Gasteiger partial charge in [-0.3, -0.25) is 9.78 Å². The third kappa shape index (κ3) is 3.70. The minimum atomic E-state index is -0.0440. The molecule has 2 rings (SSSR count). The van der Waals surface area contributed by atoms with Crippen molar-refractivity contribution in [3.8, 4) is 0 Å². The van der Waals surface area contributed by atoms with Crippen molar-refractivity contribution in [2.45, 2.75) is 34.6 Å². The van der Waals surface area contributed by atoms with Crippen LogP contribution in [-0.4, -0.2) is 9.55 Å². The van der Waals surface area contributed by atoms with Gasteiger partial charge in [0.15, 0.2) is 0 Å². The maximum absolute atomic E-state index is 11.5. The lowest BCUT2D eigenvalue weighted by Gasteiger charge is -2.00. The van der Waals surface area contributed by atoms with Crippen LogP contribution in [0.5, 0.6) is 0 Å². The van der Waals surface area contributed by atoms with Gasteiger partial charge in [-0.15, -0.1) is 0 Å². The van der Waals surface area contributed by atoms with Gasteiger partial charge in [0.25, 0.3) is 5.56 Å². The number of aromatic nitrogens is 2.